The van der Waals surface area contributed by atoms with Gasteiger partial charge in [-0.15, -0.1) is 13.2 Å². The summed E-state index contributed by atoms with van der Waals surface area (Å²) < 4.78 is 75.9. The zero-order chi connectivity index (χ0) is 20.6. The van der Waals surface area contributed by atoms with E-state index in [-0.39, 0.29) is 18.2 Å². The summed E-state index contributed by atoms with van der Waals surface area (Å²) >= 11 is 0. The van der Waals surface area contributed by atoms with Gasteiger partial charge in [0.2, 0.25) is 10.0 Å². The molecule has 2 fully saturated rings. The van der Waals surface area contributed by atoms with Crippen molar-refractivity contribution in [3.05, 3.63) is 48.8 Å². The van der Waals surface area contributed by atoms with Gasteiger partial charge in [0.25, 0.3) is 0 Å². The fraction of sp³-hybridized carbons (Fsp3) is 0.421. The van der Waals surface area contributed by atoms with E-state index in [1.807, 2.05) is 0 Å². The van der Waals surface area contributed by atoms with Gasteiger partial charge in [-0.05, 0) is 37.1 Å². The average Bonchev–Trinajstić information content (AvgIpc) is 2.94. The number of piperidine rings is 1. The van der Waals surface area contributed by atoms with E-state index in [2.05, 4.69) is 9.72 Å². The Morgan fingerprint density at radius 3 is 2.34 bits per heavy atom. The molecule has 2 aliphatic heterocycles. The Bertz CT molecular complexity index is 955. The number of aromatic nitrogens is 1. The van der Waals surface area contributed by atoms with Crippen LogP contribution >= 0.6 is 0 Å². The van der Waals surface area contributed by atoms with Gasteiger partial charge in [-0.3, -0.25) is 4.98 Å². The molecule has 6 nitrogen and oxygen atoms in total. The van der Waals surface area contributed by atoms with Crippen molar-refractivity contribution in [2.75, 3.05) is 0 Å². The van der Waals surface area contributed by atoms with E-state index >= 15 is 0 Å². The summed E-state index contributed by atoms with van der Waals surface area (Å²) in [5, 5.41) is 0. The molecule has 3 heterocycles. The molecule has 0 amide bonds. The third kappa shape index (κ3) is 4.18. The Hall–Kier alpha value is -2.33. The lowest BCUT2D eigenvalue weighted by molar-refractivity contribution is -0.275. The Balaban J connectivity index is 1.57. The highest BCUT2D eigenvalue weighted by Crippen LogP contribution is 2.42. The average molecular weight is 428 g/mol. The van der Waals surface area contributed by atoms with Gasteiger partial charge in [0, 0.05) is 31.1 Å². The molecule has 0 aliphatic carbocycles. The third-order valence-corrected chi connectivity index (χ3v) is 7.23. The number of hydrogen-bond donors (Lipinski definition) is 0. The molecule has 2 aliphatic rings. The third-order valence-electron chi connectivity index (χ3n) is 5.19. The van der Waals surface area contributed by atoms with Crippen molar-refractivity contribution in [2.45, 2.75) is 55.1 Å². The van der Waals surface area contributed by atoms with Crippen molar-refractivity contribution in [1.29, 1.82) is 0 Å². The molecule has 0 saturated carbocycles. The van der Waals surface area contributed by atoms with E-state index < -0.39 is 27.0 Å². The lowest BCUT2D eigenvalue weighted by Gasteiger charge is -2.38. The van der Waals surface area contributed by atoms with Crippen LogP contribution in [0.5, 0.6) is 11.5 Å². The van der Waals surface area contributed by atoms with Crippen molar-refractivity contribution in [2.24, 2.45) is 0 Å². The summed E-state index contributed by atoms with van der Waals surface area (Å²) in [5.41, 5.74) is 0. The summed E-state index contributed by atoms with van der Waals surface area (Å²) in [6.45, 7) is 0. The maximum Gasteiger partial charge on any atom is 0.573 e. The van der Waals surface area contributed by atoms with Crippen LogP contribution in [0.2, 0.25) is 0 Å². The Kier molecular flexibility index (Phi) is 5.16. The lowest BCUT2D eigenvalue weighted by Crippen LogP contribution is -2.49. The molecule has 1 aromatic carbocycles. The summed E-state index contributed by atoms with van der Waals surface area (Å²) in [7, 11) is -4.16. The van der Waals surface area contributed by atoms with Crippen LogP contribution in [-0.2, 0) is 10.0 Å². The molecule has 2 unspecified atom stereocenters. The minimum atomic E-state index is -4.98. The smallest absolute Gasteiger partial charge is 0.489 e. The number of fused-ring (bicyclic) bond motifs is 2. The predicted octanol–water partition coefficient (Wildman–Crippen LogP) is 3.74. The van der Waals surface area contributed by atoms with Crippen molar-refractivity contribution in [3.8, 4) is 11.5 Å². The van der Waals surface area contributed by atoms with E-state index in [1.54, 1.807) is 24.5 Å². The summed E-state index contributed by atoms with van der Waals surface area (Å²) in [4.78, 5) is 3.53. The number of pyridine rings is 1. The first-order valence-electron chi connectivity index (χ1n) is 9.19. The zero-order valence-electron chi connectivity index (χ0n) is 15.2. The quantitative estimate of drug-likeness (QED) is 0.726. The highest BCUT2D eigenvalue weighted by molar-refractivity contribution is 7.89. The molecular weight excluding hydrogens is 409 g/mol. The maximum atomic E-state index is 13.2. The topological polar surface area (TPSA) is 68.7 Å². The molecule has 2 atom stereocenters. The number of alkyl halides is 3. The fourth-order valence-electron chi connectivity index (χ4n) is 4.17. The molecule has 1 aromatic heterocycles. The number of hydrogen-bond acceptors (Lipinski definition) is 5. The van der Waals surface area contributed by atoms with Crippen LogP contribution in [0, 0.1) is 0 Å². The van der Waals surface area contributed by atoms with E-state index in [1.165, 1.54) is 16.4 Å². The van der Waals surface area contributed by atoms with Crippen molar-refractivity contribution < 1.29 is 31.1 Å². The molecular formula is C19H19F3N2O4S. The van der Waals surface area contributed by atoms with Gasteiger partial charge in [-0.1, -0.05) is 12.1 Å². The largest absolute Gasteiger partial charge is 0.573 e. The Labute approximate surface area is 166 Å². The van der Waals surface area contributed by atoms with Gasteiger partial charge in [0.1, 0.15) is 22.5 Å². The predicted molar refractivity (Wildman–Crippen MR) is 96.8 cm³/mol. The van der Waals surface area contributed by atoms with Crippen LogP contribution in [-0.4, -0.2) is 42.3 Å². The van der Waals surface area contributed by atoms with Crippen LogP contribution in [0.3, 0.4) is 0 Å². The first kappa shape index (κ1) is 20.0. The molecule has 0 spiro atoms. The van der Waals surface area contributed by atoms with Crippen LogP contribution in [0.15, 0.2) is 53.7 Å². The van der Waals surface area contributed by atoms with Gasteiger partial charge in [-0.2, -0.15) is 4.31 Å². The number of benzene rings is 1. The fourth-order valence-corrected chi connectivity index (χ4v) is 6.18. The monoisotopic (exact) mass is 428 g/mol. The van der Waals surface area contributed by atoms with Crippen molar-refractivity contribution in [1.82, 2.24) is 9.29 Å². The van der Waals surface area contributed by atoms with Gasteiger partial charge < -0.3 is 9.47 Å². The second-order valence-corrected chi connectivity index (χ2v) is 8.93. The lowest BCUT2D eigenvalue weighted by atomic mass is 10.0. The van der Waals surface area contributed by atoms with Gasteiger partial charge in [0.15, 0.2) is 0 Å². The molecule has 29 heavy (non-hydrogen) atoms. The number of para-hydroxylation sites is 1. The molecule has 2 saturated heterocycles. The minimum Gasteiger partial charge on any atom is -0.489 e. The Morgan fingerprint density at radius 1 is 1.03 bits per heavy atom. The molecule has 2 bridgehead atoms. The minimum absolute atomic E-state index is 0.176. The number of sulfonamides is 1. The summed E-state index contributed by atoms with van der Waals surface area (Å²) in [5.74, 6) is -0.106. The van der Waals surface area contributed by atoms with Crippen LogP contribution in [0.1, 0.15) is 25.7 Å². The first-order chi connectivity index (χ1) is 13.7. The number of halogens is 3. The normalized spacial score (nSPS) is 25.0. The SMILES string of the molecule is O=S(=O)(c1ccccc1OC(F)(F)F)N1C2CCC1CC(Oc1cccnc1)C2. The van der Waals surface area contributed by atoms with E-state index in [0.717, 1.165) is 12.1 Å². The molecule has 2 aromatic rings. The van der Waals surface area contributed by atoms with Gasteiger partial charge in [0.05, 0.1) is 6.20 Å². The van der Waals surface area contributed by atoms with E-state index in [4.69, 9.17) is 4.74 Å². The maximum absolute atomic E-state index is 13.2. The molecule has 0 radical (unpaired) electrons. The standard InChI is InChI=1S/C19H19F3N2O4S/c20-19(21,22)28-17-5-1-2-6-18(17)29(25,26)24-13-7-8-14(24)11-16(10-13)27-15-4-3-9-23-12-15/h1-6,9,12-14,16H,7-8,10-11H2. The van der Waals surface area contributed by atoms with Crippen LogP contribution in [0.25, 0.3) is 0 Å². The van der Waals surface area contributed by atoms with E-state index in [9.17, 15) is 21.6 Å². The Morgan fingerprint density at radius 2 is 1.72 bits per heavy atom. The summed E-state index contributed by atoms with van der Waals surface area (Å²) in [6, 6.07) is 7.72. The second kappa shape index (κ2) is 7.49. The second-order valence-electron chi connectivity index (χ2n) is 7.11. The van der Waals surface area contributed by atoms with E-state index in [0.29, 0.717) is 31.4 Å². The van der Waals surface area contributed by atoms with Crippen LogP contribution in [0.4, 0.5) is 13.2 Å². The molecule has 0 N–H and O–H groups in total. The number of ether oxygens (including phenoxy) is 2. The molecule has 10 heteroatoms. The van der Waals surface area contributed by atoms with Crippen molar-refractivity contribution >= 4 is 10.0 Å². The van der Waals surface area contributed by atoms with Gasteiger partial charge >= 0.3 is 6.36 Å². The first-order valence-corrected chi connectivity index (χ1v) is 10.6. The van der Waals surface area contributed by atoms with Crippen molar-refractivity contribution in [3.63, 3.8) is 0 Å². The highest BCUT2D eigenvalue weighted by Gasteiger charge is 2.49. The molecule has 156 valence electrons. The number of nitrogens with zero attached hydrogens (tertiary/aromatic N) is 2. The summed E-state index contributed by atoms with van der Waals surface area (Å²) in [6.07, 6.45) is 0.277. The van der Waals surface area contributed by atoms with Gasteiger partial charge in [-0.25, -0.2) is 8.42 Å². The molecule has 4 rings (SSSR count). The zero-order valence-corrected chi connectivity index (χ0v) is 16.1. The highest BCUT2D eigenvalue weighted by atomic mass is 32.2. The number of rotatable bonds is 5. The van der Waals surface area contributed by atoms with Crippen LogP contribution < -0.4 is 9.47 Å².